The van der Waals surface area contributed by atoms with Gasteiger partial charge in [-0.25, -0.2) is 29.4 Å². The van der Waals surface area contributed by atoms with Crippen LogP contribution in [0.25, 0.3) is 39.5 Å². The second-order valence-corrected chi connectivity index (χ2v) is 13.3. The molecule has 19 heteroatoms. The van der Waals surface area contributed by atoms with Crippen molar-refractivity contribution < 1.29 is 40.6 Å². The monoisotopic (exact) mass is 808 g/mol. The van der Waals surface area contributed by atoms with Crippen molar-refractivity contribution in [3.63, 3.8) is 0 Å². The first kappa shape index (κ1) is 38.3. The smallest absolute Gasteiger partial charge is 0.306 e. The topological polar surface area (TPSA) is 148 Å². The number of hydrogen-bond acceptors (Lipinski definition) is 8. The van der Waals surface area contributed by atoms with E-state index in [1.54, 1.807) is 32.9 Å². The summed E-state index contributed by atoms with van der Waals surface area (Å²) in [6.45, 7) is 5.02. The Morgan fingerprint density at radius 1 is 0.627 bits per heavy atom. The van der Waals surface area contributed by atoms with Crippen LogP contribution in [0.3, 0.4) is 0 Å². The molecule has 0 aliphatic carbocycles. The van der Waals surface area contributed by atoms with Crippen molar-refractivity contribution >= 4 is 34.7 Å². The minimum absolute atomic E-state index is 0.0140. The van der Waals surface area contributed by atoms with Gasteiger partial charge in [0.25, 0.3) is 11.8 Å². The highest BCUT2D eigenvalue weighted by Gasteiger charge is 2.35. The normalized spacial score (nSPS) is 11.9. The molecule has 8 rings (SSSR count). The number of aryl methyl sites for hydroxylation is 3. The fourth-order valence-electron chi connectivity index (χ4n) is 6.60. The van der Waals surface area contributed by atoms with Crippen molar-refractivity contribution in [2.45, 2.75) is 33.1 Å². The summed E-state index contributed by atoms with van der Waals surface area (Å²) >= 11 is 0. The molecule has 2 amide bonds. The second-order valence-electron chi connectivity index (χ2n) is 13.3. The van der Waals surface area contributed by atoms with Crippen molar-refractivity contribution in [3.8, 4) is 28.2 Å². The number of nitrogens with one attached hydrogen (secondary N) is 2. The fraction of sp³-hybridized carbons (Fsp3) is 0.125. The SMILES string of the molecule is Cc1cc(-[n+]2cc(C(=O)Nc3cc(C)nc(C)n3)c3nc(-c4ccccc4C(F)(F)F)ccn32)cc(NC(=O)c2cnn3ccc(-c4ccccc4C(F)(F)F)nc23)n1. The molecule has 59 heavy (non-hydrogen) atoms. The molecule has 8 aromatic rings. The zero-order valence-corrected chi connectivity index (χ0v) is 30.9. The fourth-order valence-corrected chi connectivity index (χ4v) is 6.60. The Morgan fingerprint density at radius 2 is 1.19 bits per heavy atom. The summed E-state index contributed by atoms with van der Waals surface area (Å²) in [5.74, 6) is -0.784. The van der Waals surface area contributed by atoms with Crippen LogP contribution in [0.15, 0.2) is 104 Å². The summed E-state index contributed by atoms with van der Waals surface area (Å²) in [4.78, 5) is 49.5. The van der Waals surface area contributed by atoms with Gasteiger partial charge in [-0.1, -0.05) is 41.1 Å². The molecule has 0 spiro atoms. The van der Waals surface area contributed by atoms with E-state index in [0.717, 1.165) is 12.1 Å². The number of anilines is 2. The molecule has 13 nitrogen and oxygen atoms in total. The highest BCUT2D eigenvalue weighted by Crippen LogP contribution is 2.38. The summed E-state index contributed by atoms with van der Waals surface area (Å²) in [6, 6.07) is 17.3. The Labute approximate surface area is 329 Å². The Morgan fingerprint density at radius 3 is 1.81 bits per heavy atom. The van der Waals surface area contributed by atoms with Gasteiger partial charge in [-0.15, -0.1) is 4.52 Å². The van der Waals surface area contributed by atoms with Gasteiger partial charge in [0, 0.05) is 40.8 Å². The van der Waals surface area contributed by atoms with E-state index in [2.05, 4.69) is 40.7 Å². The maximum Gasteiger partial charge on any atom is 0.417 e. The molecule has 0 saturated carbocycles. The summed E-state index contributed by atoms with van der Waals surface area (Å²) in [7, 11) is 0. The molecule has 0 bridgehead atoms. The number of pyridine rings is 1. The minimum Gasteiger partial charge on any atom is -0.306 e. The number of alkyl halides is 6. The van der Waals surface area contributed by atoms with Crippen LogP contribution in [0, 0.1) is 20.8 Å². The molecule has 0 unspecified atom stereocenters. The average molecular weight is 809 g/mol. The number of hydrogen-bond donors (Lipinski definition) is 2. The molecule has 0 radical (unpaired) electrons. The van der Waals surface area contributed by atoms with Gasteiger partial charge in [0.15, 0.2) is 11.2 Å². The van der Waals surface area contributed by atoms with E-state index >= 15 is 0 Å². The largest absolute Gasteiger partial charge is 0.417 e. The Balaban J connectivity index is 1.19. The zero-order valence-electron chi connectivity index (χ0n) is 30.9. The van der Waals surface area contributed by atoms with E-state index in [9.17, 15) is 35.9 Å². The van der Waals surface area contributed by atoms with E-state index in [-0.39, 0.29) is 56.6 Å². The van der Waals surface area contributed by atoms with Crippen LogP contribution in [0.5, 0.6) is 0 Å². The number of fused-ring (bicyclic) bond motifs is 2. The summed E-state index contributed by atoms with van der Waals surface area (Å²) in [5, 5.41) is 9.55. The van der Waals surface area contributed by atoms with Crippen LogP contribution >= 0.6 is 0 Å². The second kappa shape index (κ2) is 14.4. The molecular weight excluding hydrogens is 781 g/mol. The number of carbonyl (C=O) groups is 2. The molecular formula is C40H28F6N11O2+. The number of halogens is 6. The highest BCUT2D eigenvalue weighted by atomic mass is 19.4. The molecule has 2 N–H and O–H groups in total. The first-order chi connectivity index (χ1) is 28.0. The van der Waals surface area contributed by atoms with Gasteiger partial charge >= 0.3 is 12.4 Å². The van der Waals surface area contributed by atoms with E-state index in [1.807, 2.05) is 0 Å². The predicted molar refractivity (Wildman–Crippen MR) is 201 cm³/mol. The first-order valence-electron chi connectivity index (χ1n) is 17.6. The van der Waals surface area contributed by atoms with E-state index in [4.69, 9.17) is 0 Å². The number of nitrogens with zero attached hydrogens (tertiary/aromatic N) is 9. The Bertz CT molecular complexity index is 2950. The molecule has 0 fully saturated rings. The third-order valence-electron chi connectivity index (χ3n) is 9.07. The van der Waals surface area contributed by atoms with Gasteiger partial charge in [0.2, 0.25) is 17.5 Å². The molecule has 6 heterocycles. The van der Waals surface area contributed by atoms with Gasteiger partial charge in [-0.2, -0.15) is 31.4 Å². The summed E-state index contributed by atoms with van der Waals surface area (Å²) < 4.78 is 87.9. The highest BCUT2D eigenvalue weighted by molar-refractivity contribution is 6.08. The number of rotatable bonds is 7. The van der Waals surface area contributed by atoms with Crippen LogP contribution in [0.1, 0.15) is 49.1 Å². The zero-order chi connectivity index (χ0) is 41.8. The van der Waals surface area contributed by atoms with Crippen molar-refractivity contribution in [2.24, 2.45) is 0 Å². The third-order valence-corrected chi connectivity index (χ3v) is 9.07. The standard InChI is InChI=1S/C40H27F6N11O2/c1-21-16-24(18-34(49-21)54-37(58)27-19-47-55-14-12-31(51-35(27)55)25-8-4-6-10-29(25)39(41,42)43)57-20-28(38(59)53-33-17-22(2)48-23(3)50-33)36-52-32(13-15-56(36)57)26-9-5-7-11-30(26)40(44,45)46/h4-20H,1-3H3,(H-,48,49,50,53,54,58,59)/p+1. The van der Waals surface area contributed by atoms with Crippen molar-refractivity contribution in [3.05, 3.63) is 143 Å². The van der Waals surface area contributed by atoms with Crippen molar-refractivity contribution in [2.75, 3.05) is 10.6 Å². The minimum atomic E-state index is -4.69. The van der Waals surface area contributed by atoms with E-state index < -0.39 is 35.3 Å². The number of benzene rings is 2. The van der Waals surface area contributed by atoms with Gasteiger partial charge in [0.05, 0.1) is 41.0 Å². The molecule has 6 aromatic heterocycles. The van der Waals surface area contributed by atoms with Crippen LogP contribution in [-0.2, 0) is 12.4 Å². The van der Waals surface area contributed by atoms with E-state index in [1.165, 1.54) is 93.1 Å². The van der Waals surface area contributed by atoms with Crippen molar-refractivity contribution in [1.29, 1.82) is 0 Å². The van der Waals surface area contributed by atoms with Crippen LogP contribution in [-0.4, -0.2) is 50.9 Å². The predicted octanol–water partition coefficient (Wildman–Crippen LogP) is 7.64. The van der Waals surface area contributed by atoms with Gasteiger partial charge in [-0.05, 0) is 45.0 Å². The Kier molecular flexibility index (Phi) is 9.37. The lowest BCUT2D eigenvalue weighted by Crippen LogP contribution is -2.36. The van der Waals surface area contributed by atoms with Crippen LogP contribution < -0.4 is 15.3 Å². The molecule has 0 saturated heterocycles. The quantitative estimate of drug-likeness (QED) is 0.123. The lowest BCUT2D eigenvalue weighted by Gasteiger charge is -2.12. The van der Waals surface area contributed by atoms with Crippen LogP contribution in [0.4, 0.5) is 38.0 Å². The van der Waals surface area contributed by atoms with Gasteiger partial charge in [0.1, 0.15) is 23.0 Å². The maximum atomic E-state index is 14.1. The van der Waals surface area contributed by atoms with Crippen LogP contribution in [0.2, 0.25) is 0 Å². The van der Waals surface area contributed by atoms with Crippen molar-refractivity contribution in [1.82, 2.24) is 39.0 Å². The summed E-state index contributed by atoms with van der Waals surface area (Å²) in [5.41, 5.74) is -1.06. The number of carbonyl (C=O) groups excluding carboxylic acids is 2. The lowest BCUT2D eigenvalue weighted by molar-refractivity contribution is -0.667. The summed E-state index contributed by atoms with van der Waals surface area (Å²) in [6.07, 6.45) is -3.86. The molecule has 0 aliphatic heterocycles. The first-order valence-corrected chi connectivity index (χ1v) is 17.6. The molecule has 296 valence electrons. The Hall–Kier alpha value is -7.57. The molecule has 2 aromatic carbocycles. The van der Waals surface area contributed by atoms with E-state index in [0.29, 0.717) is 22.9 Å². The average Bonchev–Trinajstić information content (AvgIpc) is 3.78. The maximum absolute atomic E-state index is 14.1. The van der Waals surface area contributed by atoms with Gasteiger partial charge < -0.3 is 10.6 Å². The number of aromatic nitrogens is 9. The number of amides is 2. The molecule has 0 aliphatic rings. The molecule has 0 atom stereocenters. The lowest BCUT2D eigenvalue weighted by atomic mass is 10.0. The van der Waals surface area contributed by atoms with Gasteiger partial charge in [-0.3, -0.25) is 9.59 Å². The third kappa shape index (κ3) is 7.52.